The number of aromatic nitrogens is 2. The Morgan fingerprint density at radius 1 is 0.957 bits per heavy atom. The van der Waals surface area contributed by atoms with E-state index >= 15 is 0 Å². The third kappa shape index (κ3) is 2.81. The fourth-order valence-electron chi connectivity index (χ4n) is 2.53. The number of hydrogen-bond donors (Lipinski definition) is 1. The number of nitrogens with zero attached hydrogens (tertiary/aromatic N) is 2. The number of benzene rings is 2. The van der Waals surface area contributed by atoms with Crippen LogP contribution in [0.1, 0.15) is 5.56 Å². The van der Waals surface area contributed by atoms with Gasteiger partial charge >= 0.3 is 0 Å². The Morgan fingerprint density at radius 3 is 2.70 bits per heavy atom. The Kier molecular flexibility index (Phi) is 3.52. The van der Waals surface area contributed by atoms with Gasteiger partial charge in [0.2, 0.25) is 0 Å². The molecule has 0 atom stereocenters. The predicted molar refractivity (Wildman–Crippen MR) is 97.3 cm³/mol. The topological polar surface area (TPSA) is 37.8 Å². The van der Waals surface area contributed by atoms with Crippen LogP contribution in [0.5, 0.6) is 0 Å². The van der Waals surface area contributed by atoms with E-state index in [-0.39, 0.29) is 0 Å². The SMILES string of the molecule is Cc1cccnc1Nc1nc(-c2ccc3ccccc3c2)cs1. The van der Waals surface area contributed by atoms with Gasteiger partial charge in [-0.15, -0.1) is 11.3 Å². The number of rotatable bonds is 3. The van der Waals surface area contributed by atoms with Crippen molar-refractivity contribution >= 4 is 33.1 Å². The molecule has 0 fully saturated rings. The Morgan fingerprint density at radius 2 is 1.83 bits per heavy atom. The molecule has 0 saturated carbocycles. The molecular formula is C19H15N3S. The first-order valence-corrected chi connectivity index (χ1v) is 8.31. The number of thiazole rings is 1. The van der Waals surface area contributed by atoms with Crippen molar-refractivity contribution in [2.45, 2.75) is 6.92 Å². The van der Waals surface area contributed by atoms with E-state index in [2.05, 4.69) is 58.1 Å². The summed E-state index contributed by atoms with van der Waals surface area (Å²) >= 11 is 1.59. The summed E-state index contributed by atoms with van der Waals surface area (Å²) in [6.07, 6.45) is 1.78. The van der Waals surface area contributed by atoms with Crippen molar-refractivity contribution in [1.82, 2.24) is 9.97 Å². The fraction of sp³-hybridized carbons (Fsp3) is 0.0526. The van der Waals surface area contributed by atoms with Gasteiger partial charge in [-0.1, -0.05) is 42.5 Å². The van der Waals surface area contributed by atoms with Gasteiger partial charge in [0, 0.05) is 17.1 Å². The zero-order valence-electron chi connectivity index (χ0n) is 12.7. The van der Waals surface area contributed by atoms with Crippen LogP contribution in [0, 0.1) is 6.92 Å². The van der Waals surface area contributed by atoms with Gasteiger partial charge in [0.05, 0.1) is 5.69 Å². The van der Waals surface area contributed by atoms with E-state index in [0.717, 1.165) is 27.8 Å². The lowest BCUT2D eigenvalue weighted by atomic mass is 10.1. The summed E-state index contributed by atoms with van der Waals surface area (Å²) in [5.41, 5.74) is 3.22. The molecule has 2 heterocycles. The monoisotopic (exact) mass is 317 g/mol. The second-order valence-electron chi connectivity index (χ2n) is 5.39. The van der Waals surface area contributed by atoms with Crippen LogP contribution >= 0.6 is 11.3 Å². The molecule has 3 nitrogen and oxygen atoms in total. The van der Waals surface area contributed by atoms with Gasteiger partial charge in [-0.05, 0) is 35.4 Å². The van der Waals surface area contributed by atoms with Crippen molar-refractivity contribution in [3.05, 3.63) is 71.7 Å². The van der Waals surface area contributed by atoms with Gasteiger partial charge in [-0.2, -0.15) is 0 Å². The van der Waals surface area contributed by atoms with Crippen molar-refractivity contribution < 1.29 is 0 Å². The van der Waals surface area contributed by atoms with E-state index in [4.69, 9.17) is 4.98 Å². The molecule has 0 aliphatic carbocycles. The maximum atomic E-state index is 4.69. The molecule has 0 aliphatic rings. The van der Waals surface area contributed by atoms with Crippen LogP contribution in [0.2, 0.25) is 0 Å². The molecule has 0 unspecified atom stereocenters. The van der Waals surface area contributed by atoms with E-state index in [1.165, 1.54) is 10.8 Å². The maximum absolute atomic E-state index is 4.69. The van der Waals surface area contributed by atoms with Crippen LogP contribution in [0.4, 0.5) is 10.9 Å². The molecule has 0 aliphatic heterocycles. The number of anilines is 2. The standard InChI is InChI=1S/C19H15N3S/c1-13-5-4-10-20-18(13)22-19-21-17(12-23-19)16-9-8-14-6-2-3-7-15(14)11-16/h2-12H,1H3,(H,20,21,22). The minimum atomic E-state index is 0.854. The highest BCUT2D eigenvalue weighted by Gasteiger charge is 2.07. The van der Waals surface area contributed by atoms with Crippen LogP contribution in [0.15, 0.2) is 66.2 Å². The highest BCUT2D eigenvalue weighted by Crippen LogP contribution is 2.29. The molecule has 0 radical (unpaired) electrons. The first-order chi connectivity index (χ1) is 11.3. The average molecular weight is 317 g/mol. The molecule has 4 heteroatoms. The highest BCUT2D eigenvalue weighted by molar-refractivity contribution is 7.14. The lowest BCUT2D eigenvalue weighted by molar-refractivity contribution is 1.24. The molecule has 23 heavy (non-hydrogen) atoms. The van der Waals surface area contributed by atoms with E-state index in [1.54, 1.807) is 17.5 Å². The smallest absolute Gasteiger partial charge is 0.188 e. The van der Waals surface area contributed by atoms with E-state index < -0.39 is 0 Å². The summed E-state index contributed by atoms with van der Waals surface area (Å²) in [7, 11) is 0. The molecule has 0 spiro atoms. The largest absolute Gasteiger partial charge is 0.316 e. The summed E-state index contributed by atoms with van der Waals surface area (Å²) < 4.78 is 0. The Balaban J connectivity index is 1.65. The summed E-state index contributed by atoms with van der Waals surface area (Å²) in [5, 5.41) is 8.70. The third-order valence-electron chi connectivity index (χ3n) is 3.78. The molecule has 2 aromatic heterocycles. The number of fused-ring (bicyclic) bond motifs is 1. The van der Waals surface area contributed by atoms with E-state index in [1.807, 2.05) is 19.1 Å². The Labute approximate surface area is 138 Å². The maximum Gasteiger partial charge on any atom is 0.188 e. The van der Waals surface area contributed by atoms with Gasteiger partial charge < -0.3 is 5.32 Å². The van der Waals surface area contributed by atoms with Crippen LogP contribution in [-0.4, -0.2) is 9.97 Å². The van der Waals surface area contributed by atoms with Crippen molar-refractivity contribution in [1.29, 1.82) is 0 Å². The van der Waals surface area contributed by atoms with Crippen molar-refractivity contribution in [2.75, 3.05) is 5.32 Å². The first-order valence-electron chi connectivity index (χ1n) is 7.43. The third-order valence-corrected chi connectivity index (χ3v) is 4.54. The van der Waals surface area contributed by atoms with Gasteiger partial charge in [0.25, 0.3) is 0 Å². The predicted octanol–water partition coefficient (Wildman–Crippen LogP) is 5.41. The van der Waals surface area contributed by atoms with Crippen molar-refractivity contribution in [3.63, 3.8) is 0 Å². The van der Waals surface area contributed by atoms with Crippen LogP contribution in [0.25, 0.3) is 22.0 Å². The summed E-state index contributed by atoms with van der Waals surface area (Å²) in [4.78, 5) is 9.04. The molecule has 4 rings (SSSR count). The normalized spacial score (nSPS) is 10.8. The van der Waals surface area contributed by atoms with Crippen LogP contribution in [0.3, 0.4) is 0 Å². The molecule has 1 N–H and O–H groups in total. The minimum Gasteiger partial charge on any atom is -0.316 e. The molecule has 0 bridgehead atoms. The fourth-order valence-corrected chi connectivity index (χ4v) is 3.25. The molecule has 4 aromatic rings. The van der Waals surface area contributed by atoms with Gasteiger partial charge in [-0.3, -0.25) is 0 Å². The highest BCUT2D eigenvalue weighted by atomic mass is 32.1. The lowest BCUT2D eigenvalue weighted by Gasteiger charge is -2.04. The average Bonchev–Trinajstić information content (AvgIpc) is 3.05. The van der Waals surface area contributed by atoms with E-state index in [9.17, 15) is 0 Å². The summed E-state index contributed by atoms with van der Waals surface area (Å²) in [6.45, 7) is 2.03. The Bertz CT molecular complexity index is 975. The second kappa shape index (κ2) is 5.82. The van der Waals surface area contributed by atoms with Crippen LogP contribution < -0.4 is 5.32 Å². The number of pyridine rings is 1. The Hall–Kier alpha value is -2.72. The van der Waals surface area contributed by atoms with Gasteiger partial charge in [0.15, 0.2) is 5.13 Å². The zero-order valence-corrected chi connectivity index (χ0v) is 13.5. The van der Waals surface area contributed by atoms with Gasteiger partial charge in [0.1, 0.15) is 5.82 Å². The zero-order chi connectivity index (χ0) is 15.6. The molecular weight excluding hydrogens is 302 g/mol. The molecule has 112 valence electrons. The number of aryl methyl sites for hydroxylation is 1. The molecule has 0 saturated heterocycles. The number of nitrogens with one attached hydrogen (secondary N) is 1. The van der Waals surface area contributed by atoms with Crippen LogP contribution in [-0.2, 0) is 0 Å². The summed E-state index contributed by atoms with van der Waals surface area (Å²) in [6, 6.07) is 18.8. The van der Waals surface area contributed by atoms with Crippen molar-refractivity contribution in [2.24, 2.45) is 0 Å². The van der Waals surface area contributed by atoms with Gasteiger partial charge in [-0.25, -0.2) is 9.97 Å². The number of hydrogen-bond acceptors (Lipinski definition) is 4. The molecule has 2 aromatic carbocycles. The first kappa shape index (κ1) is 13.9. The lowest BCUT2D eigenvalue weighted by Crippen LogP contribution is -1.95. The molecule has 0 amide bonds. The van der Waals surface area contributed by atoms with Crippen molar-refractivity contribution in [3.8, 4) is 11.3 Å². The second-order valence-corrected chi connectivity index (χ2v) is 6.25. The summed E-state index contributed by atoms with van der Waals surface area (Å²) in [5.74, 6) is 0.854. The quantitative estimate of drug-likeness (QED) is 0.549. The van der Waals surface area contributed by atoms with E-state index in [0.29, 0.717) is 0 Å². The minimum absolute atomic E-state index is 0.854.